The summed E-state index contributed by atoms with van der Waals surface area (Å²) in [4.78, 5) is 34.1. The first-order valence-electron chi connectivity index (χ1n) is 12.4. The number of esters is 2. The van der Waals surface area contributed by atoms with Gasteiger partial charge in [-0.25, -0.2) is 14.6 Å². The number of nitrogens with zero attached hydrogens (tertiary/aromatic N) is 2. The molecule has 3 aliphatic rings. The lowest BCUT2D eigenvalue weighted by Crippen LogP contribution is -2.40. The first kappa shape index (κ1) is 24.8. The zero-order valence-electron chi connectivity index (χ0n) is 20.0. The SMILES string of the molecule is O=C1OC[C@H]2OCCC[C@H]2OCc2cccc(n2)CO[C@@H]2CCCO[C@@H]2COC(=O)c2cccc1n2. The summed E-state index contributed by atoms with van der Waals surface area (Å²) in [7, 11) is 0. The zero-order valence-corrected chi connectivity index (χ0v) is 20.0. The number of rotatable bonds is 0. The third-order valence-electron chi connectivity index (χ3n) is 6.44. The van der Waals surface area contributed by atoms with Crippen LogP contribution in [0.25, 0.3) is 0 Å². The average Bonchev–Trinajstić information content (AvgIpc) is 2.93. The van der Waals surface area contributed by atoms with Crippen LogP contribution in [-0.4, -0.2) is 72.7 Å². The number of fused-ring (bicyclic) bond motifs is 6. The van der Waals surface area contributed by atoms with Gasteiger partial charge >= 0.3 is 11.9 Å². The molecule has 0 saturated carbocycles. The van der Waals surface area contributed by atoms with Gasteiger partial charge in [-0.15, -0.1) is 0 Å². The molecule has 0 radical (unpaired) electrons. The van der Waals surface area contributed by atoms with Crippen molar-refractivity contribution in [3.05, 3.63) is 59.2 Å². The van der Waals surface area contributed by atoms with E-state index in [0.717, 1.165) is 37.1 Å². The Morgan fingerprint density at radius 1 is 0.611 bits per heavy atom. The molecule has 0 aliphatic carbocycles. The van der Waals surface area contributed by atoms with Crippen LogP contribution in [0.3, 0.4) is 0 Å². The molecule has 4 atom stereocenters. The number of aromatic nitrogens is 2. The first-order valence-corrected chi connectivity index (χ1v) is 12.4. The highest BCUT2D eigenvalue weighted by Crippen LogP contribution is 2.22. The van der Waals surface area contributed by atoms with E-state index in [9.17, 15) is 9.59 Å². The van der Waals surface area contributed by atoms with Gasteiger partial charge in [0.1, 0.15) is 36.8 Å². The molecule has 10 nitrogen and oxygen atoms in total. The molecule has 0 spiro atoms. The highest BCUT2D eigenvalue weighted by atomic mass is 16.6. The van der Waals surface area contributed by atoms with Gasteiger partial charge in [0, 0.05) is 13.2 Å². The summed E-state index contributed by atoms with van der Waals surface area (Å²) in [6.45, 7) is 1.78. The van der Waals surface area contributed by atoms with Crippen LogP contribution in [0, 0.1) is 0 Å². The quantitative estimate of drug-likeness (QED) is 0.502. The van der Waals surface area contributed by atoms with E-state index in [1.807, 2.05) is 18.2 Å². The van der Waals surface area contributed by atoms with Crippen LogP contribution in [0.1, 0.15) is 58.0 Å². The molecule has 192 valence electrons. The number of carbonyl (C=O) groups is 2. The maximum atomic E-state index is 12.7. The van der Waals surface area contributed by atoms with Crippen molar-refractivity contribution in [1.82, 2.24) is 9.97 Å². The minimum absolute atomic E-state index is 0.0154. The van der Waals surface area contributed by atoms with E-state index in [1.54, 1.807) is 6.07 Å². The summed E-state index contributed by atoms with van der Waals surface area (Å²) in [5, 5.41) is 0. The van der Waals surface area contributed by atoms with E-state index in [0.29, 0.717) is 26.4 Å². The Morgan fingerprint density at radius 3 is 1.64 bits per heavy atom. The number of hydrogen-bond donors (Lipinski definition) is 0. The van der Waals surface area contributed by atoms with Gasteiger partial charge in [-0.3, -0.25) is 4.98 Å². The topological polar surface area (TPSA) is 115 Å². The highest BCUT2D eigenvalue weighted by Gasteiger charge is 2.30. The Kier molecular flexibility index (Phi) is 8.17. The van der Waals surface area contributed by atoms with Crippen molar-refractivity contribution < 1.29 is 38.0 Å². The van der Waals surface area contributed by atoms with Crippen LogP contribution in [-0.2, 0) is 41.6 Å². The predicted octanol–water partition coefficient (Wildman–Crippen LogP) is 2.63. The minimum Gasteiger partial charge on any atom is -0.458 e. The van der Waals surface area contributed by atoms with Gasteiger partial charge in [-0.05, 0) is 49.9 Å². The summed E-state index contributed by atoms with van der Waals surface area (Å²) in [5.41, 5.74) is 1.59. The van der Waals surface area contributed by atoms with Gasteiger partial charge in [-0.1, -0.05) is 12.1 Å². The second-order valence-corrected chi connectivity index (χ2v) is 9.03. The van der Waals surface area contributed by atoms with Crippen molar-refractivity contribution in [1.29, 1.82) is 0 Å². The molecule has 2 aromatic rings. The molecule has 5 heterocycles. The molecule has 0 amide bonds. The number of ether oxygens (including phenoxy) is 6. The van der Waals surface area contributed by atoms with Gasteiger partial charge in [0.2, 0.25) is 0 Å². The molecular formula is C26H30N2O8. The van der Waals surface area contributed by atoms with E-state index in [2.05, 4.69) is 9.97 Å². The lowest BCUT2D eigenvalue weighted by atomic mass is 10.1. The monoisotopic (exact) mass is 498 g/mol. The van der Waals surface area contributed by atoms with Crippen molar-refractivity contribution >= 4 is 11.9 Å². The van der Waals surface area contributed by atoms with Crippen LogP contribution in [0.5, 0.6) is 0 Å². The van der Waals surface area contributed by atoms with E-state index in [1.165, 1.54) is 12.1 Å². The predicted molar refractivity (Wildman–Crippen MR) is 124 cm³/mol. The average molecular weight is 499 g/mol. The van der Waals surface area contributed by atoms with Gasteiger partial charge in [0.05, 0.1) is 36.8 Å². The smallest absolute Gasteiger partial charge is 0.357 e. The third kappa shape index (κ3) is 6.25. The molecule has 5 rings (SSSR count). The number of carbonyl (C=O) groups excluding carboxylic acids is 2. The van der Waals surface area contributed by atoms with Crippen LogP contribution in [0.15, 0.2) is 36.4 Å². The first-order chi connectivity index (χ1) is 17.7. The summed E-state index contributed by atoms with van der Waals surface area (Å²) in [6, 6.07) is 10.3. The lowest BCUT2D eigenvalue weighted by Gasteiger charge is -2.31. The van der Waals surface area contributed by atoms with Crippen LogP contribution < -0.4 is 0 Å². The van der Waals surface area contributed by atoms with E-state index < -0.39 is 24.1 Å². The maximum Gasteiger partial charge on any atom is 0.357 e. The van der Waals surface area contributed by atoms with Crippen molar-refractivity contribution in [2.75, 3.05) is 26.4 Å². The van der Waals surface area contributed by atoms with Crippen LogP contribution in [0.4, 0.5) is 0 Å². The van der Waals surface area contributed by atoms with Gasteiger partial charge in [0.25, 0.3) is 0 Å². The Bertz CT molecular complexity index is 989. The number of hydrogen-bond acceptors (Lipinski definition) is 10. The number of pyridine rings is 2. The molecule has 10 heteroatoms. The summed E-state index contributed by atoms with van der Waals surface area (Å²) in [6.07, 6.45) is 1.98. The van der Waals surface area contributed by atoms with Gasteiger partial charge in [0.15, 0.2) is 0 Å². The maximum absolute atomic E-state index is 12.7. The van der Waals surface area contributed by atoms with E-state index in [4.69, 9.17) is 28.4 Å². The minimum atomic E-state index is -0.648. The van der Waals surface area contributed by atoms with E-state index in [-0.39, 0.29) is 36.8 Å². The molecule has 2 saturated heterocycles. The Hall–Kier alpha value is -2.92. The van der Waals surface area contributed by atoms with Crippen molar-refractivity contribution in [2.24, 2.45) is 0 Å². The largest absolute Gasteiger partial charge is 0.458 e. The van der Waals surface area contributed by atoms with E-state index >= 15 is 0 Å². The Balaban J connectivity index is 1.36. The van der Waals surface area contributed by atoms with Crippen molar-refractivity contribution in [2.45, 2.75) is 63.3 Å². The second kappa shape index (κ2) is 11.9. The molecule has 2 fully saturated rings. The van der Waals surface area contributed by atoms with Gasteiger partial charge < -0.3 is 28.4 Å². The second-order valence-electron chi connectivity index (χ2n) is 9.03. The fourth-order valence-corrected chi connectivity index (χ4v) is 4.52. The zero-order chi connectivity index (χ0) is 24.7. The fraction of sp³-hybridized carbons (Fsp3) is 0.538. The summed E-state index contributed by atoms with van der Waals surface area (Å²) < 4.78 is 34.9. The number of cyclic esters (lactones) is 2. The normalized spacial score (nSPS) is 28.1. The fourth-order valence-electron chi connectivity index (χ4n) is 4.52. The third-order valence-corrected chi connectivity index (χ3v) is 6.44. The molecule has 36 heavy (non-hydrogen) atoms. The summed E-state index contributed by atoms with van der Waals surface area (Å²) >= 11 is 0. The Morgan fingerprint density at radius 2 is 1.11 bits per heavy atom. The van der Waals surface area contributed by atoms with Crippen LogP contribution in [0.2, 0.25) is 0 Å². The highest BCUT2D eigenvalue weighted by molar-refractivity contribution is 5.91. The molecule has 4 bridgehead atoms. The lowest BCUT2D eigenvalue weighted by molar-refractivity contribution is -0.129. The van der Waals surface area contributed by atoms with Crippen LogP contribution >= 0.6 is 0 Å². The van der Waals surface area contributed by atoms with Gasteiger partial charge in [-0.2, -0.15) is 0 Å². The van der Waals surface area contributed by atoms with Crippen molar-refractivity contribution in [3.8, 4) is 0 Å². The standard InChI is InChI=1S/C26H30N2O8/c29-25-19-7-2-8-20(28-19)26(30)36-16-24-22(10-4-12-32-24)34-14-18-6-1-5-17(27-18)13-33-21-9-3-11-31-23(21)15-35-25/h1-2,5-8,21-24H,3-4,9-16H2/t21-,22-,23-,24-/m1/s1. The Labute approximate surface area is 209 Å². The molecule has 0 aromatic carbocycles. The molecule has 0 unspecified atom stereocenters. The summed E-state index contributed by atoms with van der Waals surface area (Å²) in [5.74, 6) is -1.30. The molecule has 3 aliphatic heterocycles. The molecular weight excluding hydrogens is 468 g/mol. The van der Waals surface area contributed by atoms with Crippen molar-refractivity contribution in [3.63, 3.8) is 0 Å². The molecule has 0 N–H and O–H groups in total. The molecule has 2 aromatic heterocycles.